The Morgan fingerprint density at radius 3 is 2.46 bits per heavy atom. The van der Waals surface area contributed by atoms with Gasteiger partial charge in [-0.05, 0) is 25.1 Å². The molecule has 0 saturated carbocycles. The van der Waals surface area contributed by atoms with Gasteiger partial charge in [0.2, 0.25) is 0 Å². The molecular formula is C16H13ClN2O5. The maximum absolute atomic E-state index is 12.1. The maximum Gasteiger partial charge on any atom is 0.340 e. The Bertz CT molecular complexity index is 794. The zero-order valence-electron chi connectivity index (χ0n) is 12.6. The predicted octanol–water partition coefficient (Wildman–Crippen LogP) is 3.43. The molecule has 0 radical (unpaired) electrons. The zero-order valence-corrected chi connectivity index (χ0v) is 13.3. The fraction of sp³-hybridized carbons (Fsp3) is 0.125. The van der Waals surface area contributed by atoms with Crippen LogP contribution in [0.3, 0.4) is 0 Å². The average Bonchev–Trinajstić information content (AvgIpc) is 2.55. The first-order valence-electron chi connectivity index (χ1n) is 6.90. The van der Waals surface area contributed by atoms with Crippen LogP contribution in [0.2, 0.25) is 5.02 Å². The van der Waals surface area contributed by atoms with Crippen LogP contribution in [0.5, 0.6) is 0 Å². The third-order valence-corrected chi connectivity index (χ3v) is 3.44. The molecule has 0 aromatic heterocycles. The van der Waals surface area contributed by atoms with Crippen molar-refractivity contribution in [3.8, 4) is 0 Å². The zero-order chi connectivity index (χ0) is 17.7. The number of hydrogen-bond acceptors (Lipinski definition) is 5. The van der Waals surface area contributed by atoms with Gasteiger partial charge in [0, 0.05) is 6.07 Å². The molecule has 124 valence electrons. The number of nitrogens with zero attached hydrogens (tertiary/aromatic N) is 1. The maximum atomic E-state index is 12.1. The minimum absolute atomic E-state index is 0.0214. The summed E-state index contributed by atoms with van der Waals surface area (Å²) in [6.45, 7) is 1.36. The molecule has 0 fully saturated rings. The minimum atomic E-state index is -1.16. The van der Waals surface area contributed by atoms with Crippen LogP contribution in [0.25, 0.3) is 0 Å². The van der Waals surface area contributed by atoms with Crippen LogP contribution in [0.1, 0.15) is 17.3 Å². The number of anilines is 1. The SMILES string of the molecule is C[C@@H](OC(=O)c1ccccc1Cl)C(=O)Nc1ccccc1[N+](=O)[O-]. The van der Waals surface area contributed by atoms with E-state index in [4.69, 9.17) is 16.3 Å². The van der Waals surface area contributed by atoms with E-state index in [0.717, 1.165) is 0 Å². The molecule has 7 nitrogen and oxygen atoms in total. The normalized spacial score (nSPS) is 11.4. The van der Waals surface area contributed by atoms with Crippen molar-refractivity contribution >= 4 is 34.9 Å². The van der Waals surface area contributed by atoms with Crippen LogP contribution in [0.15, 0.2) is 48.5 Å². The number of ether oxygens (including phenoxy) is 1. The Labute approximate surface area is 142 Å². The van der Waals surface area contributed by atoms with Crippen LogP contribution in [0.4, 0.5) is 11.4 Å². The van der Waals surface area contributed by atoms with Gasteiger partial charge in [0.25, 0.3) is 11.6 Å². The van der Waals surface area contributed by atoms with Crippen LogP contribution in [0, 0.1) is 10.1 Å². The van der Waals surface area contributed by atoms with E-state index in [2.05, 4.69) is 5.32 Å². The van der Waals surface area contributed by atoms with Gasteiger partial charge in [0.15, 0.2) is 6.10 Å². The van der Waals surface area contributed by atoms with Crippen LogP contribution < -0.4 is 5.32 Å². The van der Waals surface area contributed by atoms with Gasteiger partial charge in [0.05, 0.1) is 15.5 Å². The van der Waals surface area contributed by atoms with E-state index >= 15 is 0 Å². The van der Waals surface area contributed by atoms with E-state index < -0.39 is 22.9 Å². The summed E-state index contributed by atoms with van der Waals surface area (Å²) < 4.78 is 5.05. The molecular weight excluding hydrogens is 336 g/mol. The van der Waals surface area contributed by atoms with Crippen molar-refractivity contribution in [1.29, 1.82) is 0 Å². The average molecular weight is 349 g/mol. The summed E-state index contributed by atoms with van der Waals surface area (Å²) >= 11 is 5.89. The van der Waals surface area contributed by atoms with Gasteiger partial charge in [-0.15, -0.1) is 0 Å². The predicted molar refractivity (Wildman–Crippen MR) is 88.1 cm³/mol. The smallest absolute Gasteiger partial charge is 0.340 e. The summed E-state index contributed by atoms with van der Waals surface area (Å²) in [6.07, 6.45) is -1.16. The first-order valence-corrected chi connectivity index (χ1v) is 7.27. The number of benzene rings is 2. The van der Waals surface area contributed by atoms with Crippen molar-refractivity contribution < 1.29 is 19.2 Å². The Morgan fingerprint density at radius 1 is 1.17 bits per heavy atom. The molecule has 24 heavy (non-hydrogen) atoms. The van der Waals surface area contributed by atoms with E-state index in [1.54, 1.807) is 18.2 Å². The van der Waals surface area contributed by atoms with Crippen molar-refractivity contribution in [2.75, 3.05) is 5.32 Å². The highest BCUT2D eigenvalue weighted by atomic mass is 35.5. The summed E-state index contributed by atoms with van der Waals surface area (Å²) in [7, 11) is 0. The second kappa shape index (κ2) is 7.56. The van der Waals surface area contributed by atoms with Crippen LogP contribution >= 0.6 is 11.6 Å². The van der Waals surface area contributed by atoms with Gasteiger partial charge >= 0.3 is 5.97 Å². The van der Waals surface area contributed by atoms with Crippen molar-refractivity contribution in [3.63, 3.8) is 0 Å². The molecule has 1 atom stereocenters. The Balaban J connectivity index is 2.07. The lowest BCUT2D eigenvalue weighted by Crippen LogP contribution is -2.30. The highest BCUT2D eigenvalue weighted by molar-refractivity contribution is 6.33. The van der Waals surface area contributed by atoms with Gasteiger partial charge in [-0.25, -0.2) is 4.79 Å². The van der Waals surface area contributed by atoms with Crippen molar-refractivity contribution in [1.82, 2.24) is 0 Å². The largest absolute Gasteiger partial charge is 0.449 e. The number of hydrogen-bond donors (Lipinski definition) is 1. The molecule has 0 bridgehead atoms. The number of nitrogens with one attached hydrogen (secondary N) is 1. The Hall–Kier alpha value is -2.93. The minimum Gasteiger partial charge on any atom is -0.449 e. The number of rotatable bonds is 5. The van der Waals surface area contributed by atoms with Crippen molar-refractivity contribution in [3.05, 3.63) is 69.2 Å². The van der Waals surface area contributed by atoms with Gasteiger partial charge in [-0.3, -0.25) is 14.9 Å². The van der Waals surface area contributed by atoms with Crippen molar-refractivity contribution in [2.24, 2.45) is 0 Å². The molecule has 2 rings (SSSR count). The second-order valence-corrected chi connectivity index (χ2v) is 5.20. The lowest BCUT2D eigenvalue weighted by atomic mass is 10.2. The lowest BCUT2D eigenvalue weighted by molar-refractivity contribution is -0.383. The number of nitro groups is 1. The molecule has 8 heteroatoms. The molecule has 0 aliphatic carbocycles. The Morgan fingerprint density at radius 2 is 1.79 bits per heavy atom. The molecule has 0 spiro atoms. The fourth-order valence-electron chi connectivity index (χ4n) is 1.88. The molecule has 2 aromatic carbocycles. The number of nitro benzene ring substituents is 1. The number of carbonyl (C=O) groups excluding carboxylic acids is 2. The van der Waals surface area contributed by atoms with E-state index in [1.165, 1.54) is 37.3 Å². The van der Waals surface area contributed by atoms with Crippen LogP contribution in [-0.4, -0.2) is 22.9 Å². The van der Waals surface area contributed by atoms with Crippen molar-refractivity contribution in [2.45, 2.75) is 13.0 Å². The molecule has 0 aliphatic heterocycles. The van der Waals surface area contributed by atoms with Gasteiger partial charge in [-0.1, -0.05) is 35.9 Å². The van der Waals surface area contributed by atoms with E-state index in [1.807, 2.05) is 0 Å². The lowest BCUT2D eigenvalue weighted by Gasteiger charge is -2.14. The summed E-state index contributed by atoms with van der Waals surface area (Å²) in [5.41, 5.74) is -0.104. The molecule has 0 heterocycles. The van der Waals surface area contributed by atoms with Gasteiger partial charge in [0.1, 0.15) is 5.69 Å². The summed E-state index contributed by atoms with van der Waals surface area (Å²) in [5.74, 6) is -1.45. The molecule has 0 aliphatic rings. The number of para-hydroxylation sites is 2. The molecule has 1 N–H and O–H groups in total. The van der Waals surface area contributed by atoms with E-state index in [9.17, 15) is 19.7 Å². The summed E-state index contributed by atoms with van der Waals surface area (Å²) in [4.78, 5) is 34.4. The number of carbonyl (C=O) groups is 2. The third kappa shape index (κ3) is 4.08. The highest BCUT2D eigenvalue weighted by Crippen LogP contribution is 2.23. The topological polar surface area (TPSA) is 98.5 Å². The summed E-state index contributed by atoms with van der Waals surface area (Å²) in [5, 5.41) is 13.5. The number of halogens is 1. The van der Waals surface area contributed by atoms with E-state index in [-0.39, 0.29) is 22.0 Å². The first-order chi connectivity index (χ1) is 11.4. The molecule has 2 aromatic rings. The summed E-state index contributed by atoms with van der Waals surface area (Å²) in [6, 6.07) is 11.9. The molecule has 0 saturated heterocycles. The first kappa shape index (κ1) is 17.4. The second-order valence-electron chi connectivity index (χ2n) is 4.79. The number of esters is 1. The monoisotopic (exact) mass is 348 g/mol. The van der Waals surface area contributed by atoms with E-state index in [0.29, 0.717) is 0 Å². The van der Waals surface area contributed by atoms with Gasteiger partial charge in [-0.2, -0.15) is 0 Å². The highest BCUT2D eigenvalue weighted by Gasteiger charge is 2.23. The third-order valence-electron chi connectivity index (χ3n) is 3.11. The van der Waals surface area contributed by atoms with Crippen LogP contribution in [-0.2, 0) is 9.53 Å². The molecule has 0 unspecified atom stereocenters. The molecule has 1 amide bonds. The quantitative estimate of drug-likeness (QED) is 0.507. The Kier molecular flexibility index (Phi) is 5.49. The fourth-order valence-corrected chi connectivity index (χ4v) is 2.09. The van der Waals surface area contributed by atoms with Gasteiger partial charge < -0.3 is 10.1 Å². The number of amides is 1. The standard InChI is InChI=1S/C16H13ClN2O5/c1-10(24-16(21)11-6-2-3-7-12(11)17)15(20)18-13-8-4-5-9-14(13)19(22)23/h2-10H,1H3,(H,18,20)/t10-/m1/s1.